The highest BCUT2D eigenvalue weighted by Gasteiger charge is 2.54. The van der Waals surface area contributed by atoms with E-state index in [1.807, 2.05) is 18.2 Å². The fraction of sp³-hybridized carbons (Fsp3) is 0.467. The molecule has 0 unspecified atom stereocenters. The lowest BCUT2D eigenvalue weighted by atomic mass is 9.74. The number of rotatable bonds is 2. The molecule has 0 spiro atoms. The molecule has 21 heavy (non-hydrogen) atoms. The Morgan fingerprint density at radius 2 is 2.33 bits per heavy atom. The van der Waals surface area contributed by atoms with Gasteiger partial charge in [0.05, 0.1) is 22.2 Å². The number of carboxylic acid groups (broad SMARTS) is 1. The number of benzene rings is 1. The van der Waals surface area contributed by atoms with Crippen LogP contribution in [0.5, 0.6) is 0 Å². The molecule has 1 aromatic carbocycles. The fourth-order valence-corrected chi connectivity index (χ4v) is 4.41. The van der Waals surface area contributed by atoms with Crippen LogP contribution in [0.15, 0.2) is 24.3 Å². The van der Waals surface area contributed by atoms with Gasteiger partial charge in [0.25, 0.3) is 0 Å². The van der Waals surface area contributed by atoms with Gasteiger partial charge in [-0.15, -0.1) is 0 Å². The SMILES string of the molecule is O=C(O)[C@]12CCOC[C@H]1CN(c1nc3ccccc3s1)C2. The average Bonchev–Trinajstić information content (AvgIpc) is 3.09. The van der Waals surface area contributed by atoms with Crippen molar-refractivity contribution in [2.24, 2.45) is 11.3 Å². The van der Waals surface area contributed by atoms with Crippen molar-refractivity contribution in [2.45, 2.75) is 6.42 Å². The minimum atomic E-state index is -0.695. The molecule has 5 nitrogen and oxygen atoms in total. The van der Waals surface area contributed by atoms with Gasteiger partial charge in [0, 0.05) is 25.6 Å². The van der Waals surface area contributed by atoms with E-state index in [9.17, 15) is 9.90 Å². The second-order valence-electron chi connectivity index (χ2n) is 5.83. The first-order valence-electron chi connectivity index (χ1n) is 7.11. The summed E-state index contributed by atoms with van der Waals surface area (Å²) in [5, 5.41) is 10.6. The van der Waals surface area contributed by atoms with Crippen LogP contribution in [0.1, 0.15) is 6.42 Å². The quantitative estimate of drug-likeness (QED) is 0.922. The first-order valence-corrected chi connectivity index (χ1v) is 7.92. The van der Waals surface area contributed by atoms with Gasteiger partial charge in [0.15, 0.2) is 5.13 Å². The van der Waals surface area contributed by atoms with Crippen LogP contribution >= 0.6 is 11.3 Å². The van der Waals surface area contributed by atoms with E-state index in [0.29, 0.717) is 32.7 Å². The molecule has 0 saturated carbocycles. The van der Waals surface area contributed by atoms with Crippen LogP contribution in [0, 0.1) is 11.3 Å². The highest BCUT2D eigenvalue weighted by Crippen LogP contribution is 2.45. The van der Waals surface area contributed by atoms with Crippen LogP contribution in [-0.2, 0) is 9.53 Å². The zero-order chi connectivity index (χ0) is 14.4. The van der Waals surface area contributed by atoms with Crippen molar-refractivity contribution in [1.82, 2.24) is 4.98 Å². The van der Waals surface area contributed by atoms with Crippen molar-refractivity contribution >= 4 is 32.7 Å². The van der Waals surface area contributed by atoms with E-state index in [2.05, 4.69) is 16.0 Å². The van der Waals surface area contributed by atoms with Gasteiger partial charge in [0.1, 0.15) is 0 Å². The number of hydrogen-bond acceptors (Lipinski definition) is 5. The third kappa shape index (κ3) is 1.93. The molecule has 4 rings (SSSR count). The second kappa shape index (κ2) is 4.68. The maximum absolute atomic E-state index is 11.8. The standard InChI is InChI=1S/C15H16N2O3S/c18-13(19)15-5-6-20-8-10(15)7-17(9-15)14-16-11-3-1-2-4-12(11)21-14/h1-4,10H,5-9H2,(H,18,19)/t10-,15+/m1/s1. The number of ether oxygens (including phenoxy) is 1. The smallest absolute Gasteiger partial charge is 0.311 e. The first kappa shape index (κ1) is 13.0. The monoisotopic (exact) mass is 304 g/mol. The highest BCUT2D eigenvalue weighted by molar-refractivity contribution is 7.22. The molecule has 2 aliphatic rings. The average molecular weight is 304 g/mol. The normalized spacial score (nSPS) is 28.8. The molecule has 110 valence electrons. The lowest BCUT2D eigenvalue weighted by molar-refractivity contribution is -0.157. The Labute approximate surface area is 126 Å². The largest absolute Gasteiger partial charge is 0.481 e. The summed E-state index contributed by atoms with van der Waals surface area (Å²) in [7, 11) is 0. The summed E-state index contributed by atoms with van der Waals surface area (Å²) in [4.78, 5) is 18.6. The maximum atomic E-state index is 11.8. The Morgan fingerprint density at radius 3 is 3.10 bits per heavy atom. The summed E-state index contributed by atoms with van der Waals surface area (Å²) in [6.07, 6.45) is 0.592. The number of fused-ring (bicyclic) bond motifs is 2. The molecule has 1 N–H and O–H groups in total. The summed E-state index contributed by atoms with van der Waals surface area (Å²) in [6.45, 7) is 2.33. The number of carboxylic acids is 1. The summed E-state index contributed by atoms with van der Waals surface area (Å²) >= 11 is 1.63. The van der Waals surface area contributed by atoms with E-state index < -0.39 is 11.4 Å². The molecule has 2 aromatic rings. The van der Waals surface area contributed by atoms with E-state index >= 15 is 0 Å². The molecular weight excluding hydrogens is 288 g/mol. The third-order valence-electron chi connectivity index (χ3n) is 4.69. The molecular formula is C15H16N2O3S. The summed E-state index contributed by atoms with van der Waals surface area (Å²) < 4.78 is 6.64. The van der Waals surface area contributed by atoms with Crippen molar-refractivity contribution in [1.29, 1.82) is 0 Å². The topological polar surface area (TPSA) is 62.7 Å². The van der Waals surface area contributed by atoms with Gasteiger partial charge in [-0.2, -0.15) is 0 Å². The minimum Gasteiger partial charge on any atom is -0.481 e. The van der Waals surface area contributed by atoms with Crippen molar-refractivity contribution in [3.63, 3.8) is 0 Å². The van der Waals surface area contributed by atoms with Gasteiger partial charge < -0.3 is 14.7 Å². The van der Waals surface area contributed by atoms with Gasteiger partial charge in [0.2, 0.25) is 0 Å². The van der Waals surface area contributed by atoms with E-state index in [0.717, 1.165) is 15.3 Å². The number of thiazole rings is 1. The summed E-state index contributed by atoms with van der Waals surface area (Å²) in [6, 6.07) is 8.02. The summed E-state index contributed by atoms with van der Waals surface area (Å²) in [5.74, 6) is -0.643. The van der Waals surface area contributed by atoms with Crippen LogP contribution in [0.2, 0.25) is 0 Å². The third-order valence-corrected chi connectivity index (χ3v) is 5.78. The van der Waals surface area contributed by atoms with Gasteiger partial charge >= 0.3 is 5.97 Å². The molecule has 0 bridgehead atoms. The van der Waals surface area contributed by atoms with Gasteiger partial charge in [-0.1, -0.05) is 23.5 Å². The van der Waals surface area contributed by atoms with E-state index in [1.54, 1.807) is 11.3 Å². The Bertz CT molecular complexity index is 668. The Kier molecular flexibility index (Phi) is 2.90. The van der Waals surface area contributed by atoms with Gasteiger partial charge in [-0.05, 0) is 18.6 Å². The molecule has 1 aromatic heterocycles. The van der Waals surface area contributed by atoms with Crippen LogP contribution in [0.4, 0.5) is 5.13 Å². The van der Waals surface area contributed by atoms with Crippen molar-refractivity contribution in [3.05, 3.63) is 24.3 Å². The lowest BCUT2D eigenvalue weighted by Crippen LogP contribution is -2.44. The van der Waals surface area contributed by atoms with Crippen LogP contribution in [-0.4, -0.2) is 42.4 Å². The molecule has 2 atom stereocenters. The van der Waals surface area contributed by atoms with Crippen molar-refractivity contribution < 1.29 is 14.6 Å². The van der Waals surface area contributed by atoms with Gasteiger partial charge in [-0.25, -0.2) is 4.98 Å². The zero-order valence-corrected chi connectivity index (χ0v) is 12.3. The number of hydrogen-bond donors (Lipinski definition) is 1. The maximum Gasteiger partial charge on any atom is 0.311 e. The zero-order valence-electron chi connectivity index (χ0n) is 11.5. The second-order valence-corrected chi connectivity index (χ2v) is 6.84. The number of aromatic nitrogens is 1. The fourth-order valence-electron chi connectivity index (χ4n) is 3.44. The predicted molar refractivity (Wildman–Crippen MR) is 80.8 cm³/mol. The highest BCUT2D eigenvalue weighted by atomic mass is 32.1. The number of para-hydroxylation sites is 1. The molecule has 0 radical (unpaired) electrons. The molecule has 2 fully saturated rings. The van der Waals surface area contributed by atoms with E-state index in [-0.39, 0.29) is 5.92 Å². The Balaban J connectivity index is 1.69. The van der Waals surface area contributed by atoms with Crippen LogP contribution in [0.3, 0.4) is 0 Å². The molecule has 0 amide bonds. The number of anilines is 1. The molecule has 2 saturated heterocycles. The van der Waals surface area contributed by atoms with E-state index in [1.165, 1.54) is 0 Å². The van der Waals surface area contributed by atoms with Crippen molar-refractivity contribution in [3.8, 4) is 0 Å². The van der Waals surface area contributed by atoms with Crippen molar-refractivity contribution in [2.75, 3.05) is 31.2 Å². The lowest BCUT2D eigenvalue weighted by Gasteiger charge is -2.33. The molecule has 0 aliphatic carbocycles. The Hall–Kier alpha value is -1.66. The Morgan fingerprint density at radius 1 is 1.48 bits per heavy atom. The molecule has 2 aliphatic heterocycles. The number of nitrogens with zero attached hydrogens (tertiary/aromatic N) is 2. The molecule has 6 heteroatoms. The number of aliphatic carboxylic acids is 1. The van der Waals surface area contributed by atoms with E-state index in [4.69, 9.17) is 4.74 Å². The number of carbonyl (C=O) groups is 1. The summed E-state index contributed by atoms with van der Waals surface area (Å²) in [5.41, 5.74) is 0.309. The van der Waals surface area contributed by atoms with Crippen LogP contribution < -0.4 is 4.90 Å². The minimum absolute atomic E-state index is 0.0516. The predicted octanol–water partition coefficient (Wildman–Crippen LogP) is 2.22. The molecule has 3 heterocycles. The van der Waals surface area contributed by atoms with Crippen LogP contribution in [0.25, 0.3) is 10.2 Å². The first-order chi connectivity index (χ1) is 10.2. The van der Waals surface area contributed by atoms with Gasteiger partial charge in [-0.3, -0.25) is 4.79 Å².